The summed E-state index contributed by atoms with van der Waals surface area (Å²) < 4.78 is 0. The second kappa shape index (κ2) is 7.82. The van der Waals surface area contributed by atoms with E-state index in [1.54, 1.807) is 12.4 Å². The molecule has 7 heteroatoms. The zero-order chi connectivity index (χ0) is 19.3. The largest absolute Gasteiger partial charge is 0.403 e. The number of nitrogen functional groups attached to an aromatic ring is 1. The van der Waals surface area contributed by atoms with E-state index in [4.69, 9.17) is 11.5 Å². The van der Waals surface area contributed by atoms with E-state index < -0.39 is 5.41 Å². The van der Waals surface area contributed by atoms with Crippen LogP contribution < -0.4 is 16.8 Å². The molecule has 0 unspecified atom stereocenters. The average Bonchev–Trinajstić information content (AvgIpc) is 2.62. The van der Waals surface area contributed by atoms with Crippen LogP contribution in [0.25, 0.3) is 11.1 Å². The van der Waals surface area contributed by atoms with Gasteiger partial charge in [-0.3, -0.25) is 9.79 Å². The minimum absolute atomic E-state index is 0.0644. The lowest BCUT2D eigenvalue weighted by atomic mass is 9.63. The van der Waals surface area contributed by atoms with E-state index in [2.05, 4.69) is 26.9 Å². The van der Waals surface area contributed by atoms with Crippen LogP contribution in [0.15, 0.2) is 66.3 Å². The van der Waals surface area contributed by atoms with Gasteiger partial charge in [0.25, 0.3) is 0 Å². The van der Waals surface area contributed by atoms with E-state index in [1.165, 1.54) is 18.6 Å². The number of aromatic nitrogens is 2. The van der Waals surface area contributed by atoms with Crippen molar-refractivity contribution in [3.63, 3.8) is 0 Å². The van der Waals surface area contributed by atoms with Crippen LogP contribution in [0.2, 0.25) is 0 Å². The first-order valence-corrected chi connectivity index (χ1v) is 8.64. The van der Waals surface area contributed by atoms with Gasteiger partial charge in [0.15, 0.2) is 0 Å². The van der Waals surface area contributed by atoms with Crippen molar-refractivity contribution in [2.45, 2.75) is 24.7 Å². The van der Waals surface area contributed by atoms with Crippen molar-refractivity contribution in [1.82, 2.24) is 15.3 Å². The number of carbonyl (C=O) groups is 1. The Balaban J connectivity index is 1.77. The van der Waals surface area contributed by atoms with Gasteiger partial charge in [-0.2, -0.15) is 0 Å². The van der Waals surface area contributed by atoms with Crippen LogP contribution in [0.3, 0.4) is 0 Å². The summed E-state index contributed by atoms with van der Waals surface area (Å²) in [4.78, 5) is 24.8. The Morgan fingerprint density at radius 3 is 2.41 bits per heavy atom. The van der Waals surface area contributed by atoms with E-state index in [-0.39, 0.29) is 11.9 Å². The summed E-state index contributed by atoms with van der Waals surface area (Å²) in [5.74, 6) is 0.177. The number of rotatable bonds is 6. The van der Waals surface area contributed by atoms with E-state index in [0.717, 1.165) is 36.0 Å². The molecule has 1 amide bonds. The summed E-state index contributed by atoms with van der Waals surface area (Å²) in [6.45, 7) is 3.81. The van der Waals surface area contributed by atoms with Gasteiger partial charge in [-0.1, -0.05) is 37.3 Å². The highest BCUT2D eigenvalue weighted by atomic mass is 16.2. The summed E-state index contributed by atoms with van der Waals surface area (Å²) in [7, 11) is 0. The quantitative estimate of drug-likeness (QED) is 0.681. The molecule has 2 aromatic rings. The summed E-state index contributed by atoms with van der Waals surface area (Å²) >= 11 is 0. The van der Waals surface area contributed by atoms with E-state index in [0.29, 0.717) is 5.70 Å². The van der Waals surface area contributed by atoms with Gasteiger partial charge in [-0.05, 0) is 24.0 Å². The highest BCUT2D eigenvalue weighted by molar-refractivity contribution is 5.95. The predicted molar refractivity (Wildman–Crippen MR) is 107 cm³/mol. The first-order valence-electron chi connectivity index (χ1n) is 8.64. The minimum atomic E-state index is -0.531. The van der Waals surface area contributed by atoms with Crippen molar-refractivity contribution in [3.05, 3.63) is 66.9 Å². The lowest BCUT2D eigenvalue weighted by Gasteiger charge is -2.40. The molecule has 1 aliphatic rings. The SMILES string of the molecule is C=C(/C=N\C=C/N)NC(=O)C1(c2ccc(-c3cnc(N)nc3)cc2)CCC1. The van der Waals surface area contributed by atoms with Crippen molar-refractivity contribution in [3.8, 4) is 11.1 Å². The van der Waals surface area contributed by atoms with Gasteiger partial charge in [0.2, 0.25) is 11.9 Å². The van der Waals surface area contributed by atoms with Gasteiger partial charge in [0.1, 0.15) is 0 Å². The summed E-state index contributed by atoms with van der Waals surface area (Å²) in [5, 5.41) is 2.84. The second-order valence-corrected chi connectivity index (χ2v) is 6.44. The highest BCUT2D eigenvalue weighted by Gasteiger charge is 2.45. The van der Waals surface area contributed by atoms with E-state index in [9.17, 15) is 4.79 Å². The van der Waals surface area contributed by atoms with Gasteiger partial charge in [-0.25, -0.2) is 9.97 Å². The lowest BCUT2D eigenvalue weighted by molar-refractivity contribution is -0.129. The fraction of sp³-hybridized carbons (Fsp3) is 0.200. The van der Waals surface area contributed by atoms with Crippen LogP contribution in [0.5, 0.6) is 0 Å². The third-order valence-electron chi connectivity index (χ3n) is 4.76. The van der Waals surface area contributed by atoms with Crippen molar-refractivity contribution < 1.29 is 4.79 Å². The Hall–Kier alpha value is -3.48. The molecule has 0 spiro atoms. The van der Waals surface area contributed by atoms with Crippen LogP contribution in [-0.2, 0) is 10.2 Å². The molecule has 7 nitrogen and oxygen atoms in total. The van der Waals surface area contributed by atoms with Crippen LogP contribution >= 0.6 is 0 Å². The minimum Gasteiger partial charge on any atom is -0.403 e. The maximum Gasteiger partial charge on any atom is 0.235 e. The number of hydrogen-bond donors (Lipinski definition) is 3. The molecule has 5 N–H and O–H groups in total. The molecule has 1 aromatic heterocycles. The monoisotopic (exact) mass is 362 g/mol. The molecular formula is C20H22N6O. The first-order chi connectivity index (χ1) is 13.0. The highest BCUT2D eigenvalue weighted by Crippen LogP contribution is 2.44. The number of nitrogens with two attached hydrogens (primary N) is 2. The molecule has 0 atom stereocenters. The number of aliphatic imine (C=N–C) groups is 1. The molecule has 1 aliphatic carbocycles. The maximum atomic E-state index is 12.9. The second-order valence-electron chi connectivity index (χ2n) is 6.44. The van der Waals surface area contributed by atoms with Crippen LogP contribution in [0.1, 0.15) is 24.8 Å². The normalized spacial score (nSPS) is 15.6. The van der Waals surface area contributed by atoms with E-state index in [1.807, 2.05) is 24.3 Å². The third kappa shape index (κ3) is 3.87. The number of nitrogens with zero attached hydrogens (tertiary/aromatic N) is 3. The summed E-state index contributed by atoms with van der Waals surface area (Å²) in [6.07, 6.45) is 10.2. The Kier molecular flexibility index (Phi) is 5.30. The smallest absolute Gasteiger partial charge is 0.235 e. The predicted octanol–water partition coefficient (Wildman–Crippen LogP) is 2.28. The molecule has 0 saturated heterocycles. The summed E-state index contributed by atoms with van der Waals surface area (Å²) in [6, 6.07) is 7.91. The molecule has 0 bridgehead atoms. The average molecular weight is 362 g/mol. The molecule has 1 aromatic carbocycles. The Morgan fingerprint density at radius 2 is 1.85 bits per heavy atom. The van der Waals surface area contributed by atoms with E-state index >= 15 is 0 Å². The number of carbonyl (C=O) groups excluding carboxylic acids is 1. The Labute approximate surface area is 157 Å². The van der Waals surface area contributed by atoms with Gasteiger partial charge < -0.3 is 16.8 Å². The zero-order valence-electron chi connectivity index (χ0n) is 14.9. The van der Waals surface area contributed by atoms with Crippen molar-refractivity contribution in [2.24, 2.45) is 10.7 Å². The van der Waals surface area contributed by atoms with Gasteiger partial charge in [0, 0.05) is 36.6 Å². The van der Waals surface area contributed by atoms with Gasteiger partial charge in [0.05, 0.1) is 11.1 Å². The molecular weight excluding hydrogens is 340 g/mol. The van der Waals surface area contributed by atoms with Gasteiger partial charge in [-0.15, -0.1) is 0 Å². The number of hydrogen-bond acceptors (Lipinski definition) is 6. The standard InChI is InChI=1S/C20H22N6O/c1-14(11-23-10-9-21)26-18(27)20(7-2-8-20)17-5-3-15(4-6-17)16-12-24-19(22)25-13-16/h3-6,9-13H,1-2,7-8,21H2,(H,26,27)(H2,22,24,25)/b10-9-,23-11-. The maximum absolute atomic E-state index is 12.9. The van der Waals surface area contributed by atoms with Crippen molar-refractivity contribution >= 4 is 18.1 Å². The molecule has 0 aliphatic heterocycles. The zero-order valence-corrected chi connectivity index (χ0v) is 14.9. The summed E-state index contributed by atoms with van der Waals surface area (Å²) in [5.41, 5.74) is 13.5. The molecule has 1 fully saturated rings. The number of allylic oxidation sites excluding steroid dienone is 1. The Morgan fingerprint density at radius 1 is 1.19 bits per heavy atom. The number of anilines is 1. The van der Waals surface area contributed by atoms with Crippen molar-refractivity contribution in [1.29, 1.82) is 0 Å². The first kappa shape index (κ1) is 18.3. The lowest BCUT2D eigenvalue weighted by Crippen LogP contribution is -2.48. The molecule has 138 valence electrons. The molecule has 3 rings (SSSR count). The Bertz CT molecular complexity index is 880. The fourth-order valence-corrected chi connectivity index (χ4v) is 3.13. The third-order valence-corrected chi connectivity index (χ3v) is 4.76. The fourth-order valence-electron chi connectivity index (χ4n) is 3.13. The number of amides is 1. The molecule has 0 radical (unpaired) electrons. The molecule has 1 saturated carbocycles. The topological polar surface area (TPSA) is 119 Å². The molecule has 27 heavy (non-hydrogen) atoms. The number of benzene rings is 1. The van der Waals surface area contributed by atoms with Crippen molar-refractivity contribution in [2.75, 3.05) is 5.73 Å². The van der Waals surface area contributed by atoms with Gasteiger partial charge >= 0.3 is 0 Å². The van der Waals surface area contributed by atoms with Crippen LogP contribution in [0.4, 0.5) is 5.95 Å². The number of nitrogens with one attached hydrogen (secondary N) is 1. The molecule has 1 heterocycles. The van der Waals surface area contributed by atoms with Crippen LogP contribution in [-0.4, -0.2) is 22.1 Å². The van der Waals surface area contributed by atoms with Crippen LogP contribution in [0, 0.1) is 0 Å².